The molecule has 1 N–H and O–H groups in total. The number of anilines is 1. The number of rotatable bonds is 3. The van der Waals surface area contributed by atoms with Crippen molar-refractivity contribution in [3.05, 3.63) is 28.8 Å². The average Bonchev–Trinajstić information content (AvgIpc) is 2.87. The van der Waals surface area contributed by atoms with Crippen molar-refractivity contribution in [3.63, 3.8) is 0 Å². The second kappa shape index (κ2) is 6.79. The van der Waals surface area contributed by atoms with E-state index in [-0.39, 0.29) is 17.9 Å². The number of benzene rings is 1. The largest absolute Gasteiger partial charge is 0.374 e. The number of nitrogens with one attached hydrogen (secondary N) is 1. The van der Waals surface area contributed by atoms with Crippen LogP contribution in [0.1, 0.15) is 36.0 Å². The standard InChI is InChI=1S/C17H22ClN3O2/c1-20-10-7-15(17(20)23)19-12-5-6-13(14(18)11-12)16(22)21-8-3-2-4-9-21/h5-6,11,15,19H,2-4,7-10H2,1H3/t15-/m0/s1. The number of carbonyl (C=O) groups is 2. The fraction of sp³-hybridized carbons (Fsp3) is 0.529. The highest BCUT2D eigenvalue weighted by Gasteiger charge is 2.29. The van der Waals surface area contributed by atoms with Crippen LogP contribution < -0.4 is 5.32 Å². The molecular formula is C17H22ClN3O2. The molecule has 6 heteroatoms. The average molecular weight is 336 g/mol. The van der Waals surface area contributed by atoms with Crippen molar-refractivity contribution in [2.45, 2.75) is 31.7 Å². The molecule has 0 saturated carbocycles. The van der Waals surface area contributed by atoms with Crippen LogP contribution in [0.3, 0.4) is 0 Å². The first-order valence-corrected chi connectivity index (χ1v) is 8.54. The number of amides is 2. The van der Waals surface area contributed by atoms with E-state index >= 15 is 0 Å². The van der Waals surface area contributed by atoms with Gasteiger partial charge in [-0.1, -0.05) is 11.6 Å². The van der Waals surface area contributed by atoms with Gasteiger partial charge in [0.2, 0.25) is 5.91 Å². The minimum Gasteiger partial charge on any atom is -0.374 e. The van der Waals surface area contributed by atoms with Crippen molar-refractivity contribution < 1.29 is 9.59 Å². The summed E-state index contributed by atoms with van der Waals surface area (Å²) in [6, 6.07) is 5.11. The fourth-order valence-electron chi connectivity index (χ4n) is 3.20. The highest BCUT2D eigenvalue weighted by molar-refractivity contribution is 6.34. The number of likely N-dealkylation sites (tertiary alicyclic amines) is 2. The normalized spacial score (nSPS) is 21.7. The predicted molar refractivity (Wildman–Crippen MR) is 90.9 cm³/mol. The van der Waals surface area contributed by atoms with Crippen molar-refractivity contribution in [2.24, 2.45) is 0 Å². The van der Waals surface area contributed by atoms with Crippen LogP contribution in [0.2, 0.25) is 5.02 Å². The molecule has 0 bridgehead atoms. The molecule has 2 aliphatic rings. The second-order valence-corrected chi connectivity index (χ2v) is 6.70. The molecule has 124 valence electrons. The molecule has 2 heterocycles. The smallest absolute Gasteiger partial charge is 0.255 e. The molecule has 0 aliphatic carbocycles. The lowest BCUT2D eigenvalue weighted by Gasteiger charge is -2.27. The first kappa shape index (κ1) is 16.1. The Kier molecular flexibility index (Phi) is 4.76. The lowest BCUT2D eigenvalue weighted by Crippen LogP contribution is -2.35. The Labute approximate surface area is 141 Å². The van der Waals surface area contributed by atoms with Crippen LogP contribution in [0.25, 0.3) is 0 Å². The van der Waals surface area contributed by atoms with Crippen LogP contribution in [0, 0.1) is 0 Å². The quantitative estimate of drug-likeness (QED) is 0.923. The summed E-state index contributed by atoms with van der Waals surface area (Å²) in [5.74, 6) is 0.0903. The maximum atomic E-state index is 12.5. The molecule has 2 fully saturated rings. The minimum atomic E-state index is -0.209. The van der Waals surface area contributed by atoms with Crippen molar-refractivity contribution in [1.82, 2.24) is 9.80 Å². The van der Waals surface area contributed by atoms with E-state index in [1.54, 1.807) is 24.1 Å². The molecule has 1 aromatic carbocycles. The molecule has 3 rings (SSSR count). The van der Waals surface area contributed by atoms with Gasteiger partial charge in [-0.15, -0.1) is 0 Å². The Balaban J connectivity index is 1.70. The number of halogens is 1. The number of carbonyl (C=O) groups excluding carboxylic acids is 2. The summed E-state index contributed by atoms with van der Waals surface area (Å²) in [4.78, 5) is 28.1. The third-order valence-electron chi connectivity index (χ3n) is 4.61. The molecule has 2 aliphatic heterocycles. The zero-order chi connectivity index (χ0) is 16.4. The highest BCUT2D eigenvalue weighted by Crippen LogP contribution is 2.25. The van der Waals surface area contributed by atoms with Gasteiger partial charge in [0.1, 0.15) is 6.04 Å². The van der Waals surface area contributed by atoms with Gasteiger partial charge < -0.3 is 15.1 Å². The molecule has 2 amide bonds. The second-order valence-electron chi connectivity index (χ2n) is 6.29. The van der Waals surface area contributed by atoms with Gasteiger partial charge in [-0.25, -0.2) is 0 Å². The molecule has 23 heavy (non-hydrogen) atoms. The van der Waals surface area contributed by atoms with Crippen LogP contribution in [0.5, 0.6) is 0 Å². The maximum Gasteiger partial charge on any atom is 0.255 e. The molecule has 5 nitrogen and oxygen atoms in total. The van der Waals surface area contributed by atoms with E-state index in [1.165, 1.54) is 6.42 Å². The fourth-order valence-corrected chi connectivity index (χ4v) is 3.46. The van der Waals surface area contributed by atoms with E-state index in [0.717, 1.165) is 44.6 Å². The van der Waals surface area contributed by atoms with Gasteiger partial charge in [-0.05, 0) is 43.9 Å². The topological polar surface area (TPSA) is 52.7 Å². The Morgan fingerprint density at radius 1 is 1.22 bits per heavy atom. The molecule has 0 unspecified atom stereocenters. The van der Waals surface area contributed by atoms with Crippen LogP contribution in [0.4, 0.5) is 5.69 Å². The molecule has 0 radical (unpaired) electrons. The van der Waals surface area contributed by atoms with Gasteiger partial charge in [-0.3, -0.25) is 9.59 Å². The van der Waals surface area contributed by atoms with E-state index < -0.39 is 0 Å². The predicted octanol–water partition coefficient (Wildman–Crippen LogP) is 2.61. The first-order valence-electron chi connectivity index (χ1n) is 8.16. The van der Waals surface area contributed by atoms with Crippen molar-refractivity contribution in [2.75, 3.05) is 32.0 Å². The SMILES string of the molecule is CN1CC[C@H](Nc2ccc(C(=O)N3CCCCC3)c(Cl)c2)C1=O. The van der Waals surface area contributed by atoms with Crippen LogP contribution in [-0.4, -0.2) is 54.3 Å². The molecule has 1 atom stereocenters. The minimum absolute atomic E-state index is 0.00192. The molecular weight excluding hydrogens is 314 g/mol. The Morgan fingerprint density at radius 3 is 2.57 bits per heavy atom. The zero-order valence-electron chi connectivity index (χ0n) is 13.3. The van der Waals surface area contributed by atoms with E-state index in [9.17, 15) is 9.59 Å². The van der Waals surface area contributed by atoms with Crippen molar-refractivity contribution >= 4 is 29.1 Å². The van der Waals surface area contributed by atoms with Crippen molar-refractivity contribution in [3.8, 4) is 0 Å². The lowest BCUT2D eigenvalue weighted by molar-refractivity contribution is -0.127. The number of likely N-dealkylation sites (N-methyl/N-ethyl adjacent to an activating group) is 1. The molecule has 0 spiro atoms. The van der Waals surface area contributed by atoms with Crippen molar-refractivity contribution in [1.29, 1.82) is 0 Å². The van der Waals surface area contributed by atoms with Gasteiger partial charge in [-0.2, -0.15) is 0 Å². The third-order valence-corrected chi connectivity index (χ3v) is 4.92. The number of piperidine rings is 1. The summed E-state index contributed by atoms with van der Waals surface area (Å²) in [5.41, 5.74) is 1.31. The first-order chi connectivity index (χ1) is 11.1. The van der Waals surface area contributed by atoms with E-state index in [2.05, 4.69) is 5.32 Å². The van der Waals surface area contributed by atoms with E-state index in [0.29, 0.717) is 10.6 Å². The van der Waals surface area contributed by atoms with Gasteiger partial charge in [0.05, 0.1) is 10.6 Å². The van der Waals surface area contributed by atoms with Crippen LogP contribution >= 0.6 is 11.6 Å². The Morgan fingerprint density at radius 2 is 1.96 bits per heavy atom. The van der Waals surface area contributed by atoms with E-state index in [1.807, 2.05) is 11.0 Å². The molecule has 0 aromatic heterocycles. The molecule has 2 saturated heterocycles. The monoisotopic (exact) mass is 335 g/mol. The maximum absolute atomic E-state index is 12.5. The lowest BCUT2D eigenvalue weighted by atomic mass is 10.1. The summed E-state index contributed by atoms with van der Waals surface area (Å²) in [6.07, 6.45) is 4.08. The third kappa shape index (κ3) is 3.44. The van der Waals surface area contributed by atoms with Crippen LogP contribution in [-0.2, 0) is 4.79 Å². The van der Waals surface area contributed by atoms with Gasteiger partial charge in [0.15, 0.2) is 0 Å². The van der Waals surface area contributed by atoms with Crippen LogP contribution in [0.15, 0.2) is 18.2 Å². The molecule has 1 aromatic rings. The zero-order valence-corrected chi connectivity index (χ0v) is 14.1. The number of hydrogen-bond donors (Lipinski definition) is 1. The summed E-state index contributed by atoms with van der Waals surface area (Å²) >= 11 is 6.31. The highest BCUT2D eigenvalue weighted by atomic mass is 35.5. The summed E-state index contributed by atoms with van der Waals surface area (Å²) in [7, 11) is 1.80. The number of nitrogens with zero attached hydrogens (tertiary/aromatic N) is 2. The number of hydrogen-bond acceptors (Lipinski definition) is 3. The summed E-state index contributed by atoms with van der Waals surface area (Å²) in [6.45, 7) is 2.37. The Hall–Kier alpha value is -1.75. The van der Waals surface area contributed by atoms with Gasteiger partial charge in [0.25, 0.3) is 5.91 Å². The Bertz CT molecular complexity index is 614. The van der Waals surface area contributed by atoms with Gasteiger partial charge in [0, 0.05) is 32.4 Å². The van der Waals surface area contributed by atoms with Gasteiger partial charge >= 0.3 is 0 Å². The summed E-state index contributed by atoms with van der Waals surface area (Å²) < 4.78 is 0. The van der Waals surface area contributed by atoms with E-state index in [4.69, 9.17) is 11.6 Å². The summed E-state index contributed by atoms with van der Waals surface area (Å²) in [5, 5.41) is 3.64.